The van der Waals surface area contributed by atoms with Crippen molar-refractivity contribution in [2.75, 3.05) is 13.2 Å². The Kier molecular flexibility index (Phi) is 44.4. The van der Waals surface area contributed by atoms with Crippen LogP contribution < -0.4 is 0 Å². The molecule has 1 atom stereocenters. The van der Waals surface area contributed by atoms with Crippen LogP contribution in [0.15, 0.2) is 36.5 Å². The molecule has 0 spiro atoms. The lowest BCUT2D eigenvalue weighted by Crippen LogP contribution is -2.30. The van der Waals surface area contributed by atoms with E-state index in [4.69, 9.17) is 14.2 Å². The van der Waals surface area contributed by atoms with Gasteiger partial charge < -0.3 is 14.2 Å². The minimum Gasteiger partial charge on any atom is -0.462 e. The second-order valence-corrected chi connectivity index (χ2v) is 16.4. The first-order valence-electron chi connectivity index (χ1n) is 24.5. The zero-order valence-electron chi connectivity index (χ0n) is 37.9. The van der Waals surface area contributed by atoms with Crippen molar-refractivity contribution in [2.45, 2.75) is 258 Å². The van der Waals surface area contributed by atoms with Gasteiger partial charge in [0.05, 0.1) is 0 Å². The average Bonchev–Trinajstić information content (AvgIpc) is 3.21. The Labute approximate surface area is 353 Å². The highest BCUT2D eigenvalue weighted by Gasteiger charge is 2.19. The molecular formula is C51H92O6. The van der Waals surface area contributed by atoms with Crippen LogP contribution in [0, 0.1) is 0 Å². The fraction of sp³-hybridized carbons (Fsp3) is 0.824. The summed E-state index contributed by atoms with van der Waals surface area (Å²) in [7, 11) is 0. The molecule has 0 saturated heterocycles. The molecule has 1 unspecified atom stereocenters. The van der Waals surface area contributed by atoms with E-state index >= 15 is 0 Å². The molecule has 6 nitrogen and oxygen atoms in total. The second kappa shape index (κ2) is 46.3. The Morgan fingerprint density at radius 2 is 0.632 bits per heavy atom. The van der Waals surface area contributed by atoms with Gasteiger partial charge in [-0.15, -0.1) is 0 Å². The second-order valence-electron chi connectivity index (χ2n) is 16.4. The van der Waals surface area contributed by atoms with Crippen molar-refractivity contribution in [3.63, 3.8) is 0 Å². The normalized spacial score (nSPS) is 12.3. The molecule has 57 heavy (non-hydrogen) atoms. The lowest BCUT2D eigenvalue weighted by molar-refractivity contribution is -0.167. The third-order valence-electron chi connectivity index (χ3n) is 10.6. The molecule has 0 amide bonds. The van der Waals surface area contributed by atoms with Crippen LogP contribution in [0.4, 0.5) is 0 Å². The number of carbonyl (C=O) groups is 3. The van der Waals surface area contributed by atoms with Crippen LogP contribution in [0.2, 0.25) is 0 Å². The maximum absolute atomic E-state index is 12.5. The Morgan fingerprint density at radius 3 is 0.982 bits per heavy atom. The summed E-state index contributed by atoms with van der Waals surface area (Å²) in [4.78, 5) is 37.3. The third-order valence-corrected chi connectivity index (χ3v) is 10.6. The van der Waals surface area contributed by atoms with Crippen LogP contribution in [0.5, 0.6) is 0 Å². The zero-order chi connectivity index (χ0) is 41.5. The highest BCUT2D eigenvalue weighted by Crippen LogP contribution is 2.15. The Hall–Kier alpha value is -2.37. The largest absolute Gasteiger partial charge is 0.462 e. The van der Waals surface area contributed by atoms with Crippen molar-refractivity contribution in [3.05, 3.63) is 36.5 Å². The molecule has 6 heteroatoms. The number of rotatable bonds is 44. The van der Waals surface area contributed by atoms with Crippen molar-refractivity contribution >= 4 is 17.9 Å². The third kappa shape index (κ3) is 44.6. The van der Waals surface area contributed by atoms with E-state index in [9.17, 15) is 14.4 Å². The summed E-state index contributed by atoms with van der Waals surface area (Å²) in [6, 6.07) is 0. The van der Waals surface area contributed by atoms with E-state index in [1.165, 1.54) is 135 Å². The molecule has 0 fully saturated rings. The smallest absolute Gasteiger partial charge is 0.306 e. The number of hydrogen-bond acceptors (Lipinski definition) is 6. The van der Waals surface area contributed by atoms with Gasteiger partial charge in [-0.05, 0) is 57.8 Å². The Bertz CT molecular complexity index is 969. The molecule has 0 aliphatic carbocycles. The van der Waals surface area contributed by atoms with Gasteiger partial charge in [0.1, 0.15) is 13.2 Å². The first kappa shape index (κ1) is 54.6. The van der Waals surface area contributed by atoms with E-state index in [0.29, 0.717) is 19.3 Å². The Balaban J connectivity index is 3.92. The molecule has 0 aromatic carbocycles. The van der Waals surface area contributed by atoms with Gasteiger partial charge in [-0.25, -0.2) is 0 Å². The first-order valence-corrected chi connectivity index (χ1v) is 24.5. The highest BCUT2D eigenvalue weighted by molar-refractivity contribution is 5.71. The standard InChI is InChI=1S/C51H92O6/c1-4-7-10-13-15-16-17-18-19-20-21-22-23-24-25-26-27-28-29-30-31-32-33-34-36-38-41-44-50(53)56-47-48(46-55-49(52)43-40-37-12-9-6-3)57-51(54)45-42-39-35-14-11-8-5-2/h17-18,20-21,23-24,48H,4-16,19,22,25-47H2,1-3H3/b18-17-,21-20-,24-23-. The van der Waals surface area contributed by atoms with Gasteiger partial charge in [0.25, 0.3) is 0 Å². The summed E-state index contributed by atoms with van der Waals surface area (Å²) in [5, 5.41) is 0. The van der Waals surface area contributed by atoms with Gasteiger partial charge in [-0.3, -0.25) is 14.4 Å². The van der Waals surface area contributed by atoms with Crippen molar-refractivity contribution in [2.24, 2.45) is 0 Å². The van der Waals surface area contributed by atoms with E-state index in [1.807, 2.05) is 0 Å². The minimum atomic E-state index is -0.762. The molecule has 332 valence electrons. The summed E-state index contributed by atoms with van der Waals surface area (Å²) < 4.78 is 16.5. The van der Waals surface area contributed by atoms with E-state index < -0.39 is 6.10 Å². The molecule has 0 aliphatic heterocycles. The van der Waals surface area contributed by atoms with Crippen LogP contribution in [0.1, 0.15) is 252 Å². The van der Waals surface area contributed by atoms with E-state index in [-0.39, 0.29) is 31.1 Å². The number of esters is 3. The molecule has 0 aromatic rings. The molecule has 0 rings (SSSR count). The van der Waals surface area contributed by atoms with Gasteiger partial charge in [0, 0.05) is 19.3 Å². The van der Waals surface area contributed by atoms with Crippen molar-refractivity contribution in [1.82, 2.24) is 0 Å². The fourth-order valence-corrected chi connectivity index (χ4v) is 6.92. The summed E-state index contributed by atoms with van der Waals surface area (Å²) in [5.41, 5.74) is 0. The molecule has 0 heterocycles. The van der Waals surface area contributed by atoms with Gasteiger partial charge >= 0.3 is 17.9 Å². The van der Waals surface area contributed by atoms with E-state index in [0.717, 1.165) is 77.0 Å². The van der Waals surface area contributed by atoms with Crippen LogP contribution in [0.3, 0.4) is 0 Å². The maximum atomic E-state index is 12.5. The quantitative estimate of drug-likeness (QED) is 0.0264. The van der Waals surface area contributed by atoms with E-state index in [2.05, 4.69) is 57.2 Å². The summed E-state index contributed by atoms with van der Waals surface area (Å²) in [6.07, 6.45) is 53.4. The molecule has 0 aliphatic rings. The average molecular weight is 801 g/mol. The summed E-state index contributed by atoms with van der Waals surface area (Å²) >= 11 is 0. The van der Waals surface area contributed by atoms with Gasteiger partial charge in [0.2, 0.25) is 0 Å². The number of hydrogen-bond donors (Lipinski definition) is 0. The predicted octanol–water partition coefficient (Wildman–Crippen LogP) is 15.8. The topological polar surface area (TPSA) is 78.9 Å². The van der Waals surface area contributed by atoms with Crippen LogP contribution in [0.25, 0.3) is 0 Å². The zero-order valence-corrected chi connectivity index (χ0v) is 37.9. The van der Waals surface area contributed by atoms with E-state index in [1.54, 1.807) is 0 Å². The highest BCUT2D eigenvalue weighted by atomic mass is 16.6. The molecule has 0 aromatic heterocycles. The first-order chi connectivity index (χ1) is 28.0. The molecule has 0 bridgehead atoms. The fourth-order valence-electron chi connectivity index (χ4n) is 6.92. The molecular weight excluding hydrogens is 709 g/mol. The number of ether oxygens (including phenoxy) is 3. The number of carbonyl (C=O) groups excluding carboxylic acids is 3. The monoisotopic (exact) mass is 801 g/mol. The lowest BCUT2D eigenvalue weighted by atomic mass is 10.0. The number of unbranched alkanes of at least 4 members (excludes halogenated alkanes) is 27. The predicted molar refractivity (Wildman–Crippen MR) is 242 cm³/mol. The van der Waals surface area contributed by atoms with Gasteiger partial charge in [0.15, 0.2) is 6.10 Å². The van der Waals surface area contributed by atoms with Crippen molar-refractivity contribution in [3.8, 4) is 0 Å². The Morgan fingerprint density at radius 1 is 0.351 bits per heavy atom. The van der Waals surface area contributed by atoms with Gasteiger partial charge in [-0.2, -0.15) is 0 Å². The van der Waals surface area contributed by atoms with Crippen LogP contribution >= 0.6 is 0 Å². The van der Waals surface area contributed by atoms with Crippen LogP contribution in [-0.4, -0.2) is 37.2 Å². The van der Waals surface area contributed by atoms with Gasteiger partial charge in [-0.1, -0.05) is 211 Å². The SMILES string of the molecule is CCCCCCC/C=C\C/C=C\C/C=C\CCCCCCCCCCCCCCC(=O)OCC(COC(=O)CCCCCCC)OC(=O)CCCCCCCCC. The lowest BCUT2D eigenvalue weighted by Gasteiger charge is -2.18. The molecule has 0 N–H and O–H groups in total. The van der Waals surface area contributed by atoms with Crippen molar-refractivity contribution in [1.29, 1.82) is 0 Å². The molecule has 0 saturated carbocycles. The van der Waals surface area contributed by atoms with Crippen molar-refractivity contribution < 1.29 is 28.6 Å². The summed E-state index contributed by atoms with van der Waals surface area (Å²) in [5.74, 6) is -0.891. The maximum Gasteiger partial charge on any atom is 0.306 e. The summed E-state index contributed by atoms with van der Waals surface area (Å²) in [6.45, 7) is 6.50. The number of allylic oxidation sites excluding steroid dienone is 6. The minimum absolute atomic E-state index is 0.0714. The van der Waals surface area contributed by atoms with Crippen LogP contribution in [-0.2, 0) is 28.6 Å². The molecule has 0 radical (unpaired) electrons.